The number of carbonyl (C=O) groups excluding carboxylic acids is 1. The van der Waals surface area contributed by atoms with Gasteiger partial charge in [0.05, 0.1) is 16.8 Å². The first kappa shape index (κ1) is 25.2. The van der Waals surface area contributed by atoms with E-state index in [1.165, 1.54) is 18.2 Å². The van der Waals surface area contributed by atoms with E-state index in [4.69, 9.17) is 11.6 Å². The van der Waals surface area contributed by atoms with Crippen LogP contribution in [0.3, 0.4) is 0 Å². The lowest BCUT2D eigenvalue weighted by atomic mass is 10.2. The Balaban J connectivity index is 1.54. The molecule has 0 unspecified atom stereocenters. The van der Waals surface area contributed by atoms with Crippen molar-refractivity contribution in [3.8, 4) is 5.69 Å². The number of rotatable bonds is 8. The number of aryl methyl sites for hydroxylation is 1. The molecule has 0 fully saturated rings. The Kier molecular flexibility index (Phi) is 7.57. The number of sulfonamides is 1. The van der Waals surface area contributed by atoms with Gasteiger partial charge in [-0.05, 0) is 62.4 Å². The maximum Gasteiger partial charge on any atom is 0.264 e. The molecule has 0 bridgehead atoms. The Hall–Kier alpha value is -3.88. The third-order valence-corrected chi connectivity index (χ3v) is 7.62. The summed E-state index contributed by atoms with van der Waals surface area (Å²) in [5.74, 6) is -0.595. The van der Waals surface area contributed by atoms with Crippen molar-refractivity contribution in [3.63, 3.8) is 0 Å². The van der Waals surface area contributed by atoms with Crippen molar-refractivity contribution in [2.24, 2.45) is 5.10 Å². The number of benzene rings is 3. The third kappa shape index (κ3) is 5.50. The first-order chi connectivity index (χ1) is 17.3. The zero-order valence-corrected chi connectivity index (χ0v) is 21.4. The monoisotopic (exact) mass is 520 g/mol. The molecule has 0 radical (unpaired) electrons. The first-order valence-corrected chi connectivity index (χ1v) is 13.0. The number of anilines is 1. The van der Waals surface area contributed by atoms with Crippen LogP contribution in [0, 0.1) is 13.8 Å². The van der Waals surface area contributed by atoms with Crippen LogP contribution in [0.15, 0.2) is 101 Å². The molecular formula is C27H25ClN4O3S. The molecule has 3 aromatic carbocycles. The molecule has 0 aliphatic rings. The van der Waals surface area contributed by atoms with Crippen molar-refractivity contribution >= 4 is 39.4 Å². The highest BCUT2D eigenvalue weighted by Crippen LogP contribution is 2.26. The standard InChI is InChI=1S/C27H25ClN4O3S/c1-20-16-22(21(2)32(20)24-11-5-3-6-12-24)18-29-30-27(33)19-31(25-13-9-10-23(28)17-25)36(34,35)26-14-7-4-8-15-26/h3-18H,19H2,1-2H3,(H,30,33)/b29-18+. The number of hydrogen-bond donors (Lipinski definition) is 1. The largest absolute Gasteiger partial charge is 0.318 e. The number of amides is 1. The van der Waals surface area contributed by atoms with Gasteiger partial charge >= 0.3 is 0 Å². The van der Waals surface area contributed by atoms with Gasteiger partial charge in [0.25, 0.3) is 15.9 Å². The van der Waals surface area contributed by atoms with Crippen LogP contribution in [0.25, 0.3) is 5.69 Å². The molecule has 0 aliphatic carbocycles. The highest BCUT2D eigenvalue weighted by molar-refractivity contribution is 7.92. The second-order valence-corrected chi connectivity index (χ2v) is 10.4. The second kappa shape index (κ2) is 10.8. The Labute approximate surface area is 215 Å². The number of aromatic nitrogens is 1. The van der Waals surface area contributed by atoms with Gasteiger partial charge in [-0.1, -0.05) is 54.1 Å². The average Bonchev–Trinajstić information content (AvgIpc) is 3.16. The smallest absolute Gasteiger partial charge is 0.264 e. The minimum Gasteiger partial charge on any atom is -0.318 e. The van der Waals surface area contributed by atoms with Crippen LogP contribution in [-0.4, -0.2) is 31.7 Å². The number of nitrogens with zero attached hydrogens (tertiary/aromatic N) is 3. The summed E-state index contributed by atoms with van der Waals surface area (Å²) in [5, 5.41) is 4.44. The van der Waals surface area contributed by atoms with Crippen LogP contribution in [0.1, 0.15) is 17.0 Å². The SMILES string of the molecule is Cc1cc(/C=N/NC(=O)CN(c2cccc(Cl)c2)S(=O)(=O)c2ccccc2)c(C)n1-c1ccccc1. The summed E-state index contributed by atoms with van der Waals surface area (Å²) in [6, 6.07) is 26.2. The molecule has 9 heteroatoms. The molecule has 7 nitrogen and oxygen atoms in total. The Bertz CT molecular complexity index is 1500. The minimum atomic E-state index is -4.02. The fourth-order valence-corrected chi connectivity index (χ4v) is 5.52. The van der Waals surface area contributed by atoms with E-state index in [1.807, 2.05) is 50.2 Å². The Morgan fingerprint density at radius 2 is 1.64 bits per heavy atom. The zero-order valence-electron chi connectivity index (χ0n) is 19.8. The van der Waals surface area contributed by atoms with Gasteiger partial charge in [-0.3, -0.25) is 9.10 Å². The molecule has 36 heavy (non-hydrogen) atoms. The van der Waals surface area contributed by atoms with E-state index < -0.39 is 22.5 Å². The lowest BCUT2D eigenvalue weighted by molar-refractivity contribution is -0.119. The van der Waals surface area contributed by atoms with E-state index in [9.17, 15) is 13.2 Å². The van der Waals surface area contributed by atoms with Gasteiger partial charge in [0.2, 0.25) is 0 Å². The molecule has 0 saturated carbocycles. The first-order valence-electron chi connectivity index (χ1n) is 11.2. The quantitative estimate of drug-likeness (QED) is 0.259. The van der Waals surface area contributed by atoms with E-state index >= 15 is 0 Å². The predicted molar refractivity (Wildman–Crippen MR) is 143 cm³/mol. The molecule has 1 N–H and O–H groups in total. The summed E-state index contributed by atoms with van der Waals surface area (Å²) in [6.07, 6.45) is 1.55. The summed E-state index contributed by atoms with van der Waals surface area (Å²) in [5.41, 5.74) is 6.57. The Morgan fingerprint density at radius 1 is 0.972 bits per heavy atom. The zero-order chi connectivity index (χ0) is 25.7. The number of carbonyl (C=O) groups is 1. The van der Waals surface area contributed by atoms with Crippen LogP contribution in [-0.2, 0) is 14.8 Å². The molecule has 0 spiro atoms. The Morgan fingerprint density at radius 3 is 2.31 bits per heavy atom. The van der Waals surface area contributed by atoms with Gasteiger partial charge in [0.15, 0.2) is 0 Å². The number of halogens is 1. The molecule has 4 rings (SSSR count). The van der Waals surface area contributed by atoms with Crippen molar-refractivity contribution in [2.45, 2.75) is 18.7 Å². The topological polar surface area (TPSA) is 83.8 Å². The fraction of sp³-hybridized carbons (Fsp3) is 0.111. The van der Waals surface area contributed by atoms with Crippen LogP contribution >= 0.6 is 11.6 Å². The van der Waals surface area contributed by atoms with E-state index in [1.54, 1.807) is 42.6 Å². The van der Waals surface area contributed by atoms with Gasteiger partial charge in [-0.25, -0.2) is 13.8 Å². The normalized spacial score (nSPS) is 11.5. The summed E-state index contributed by atoms with van der Waals surface area (Å²) in [7, 11) is -4.02. The van der Waals surface area contributed by atoms with Gasteiger partial charge in [-0.15, -0.1) is 0 Å². The molecular weight excluding hydrogens is 496 g/mol. The van der Waals surface area contributed by atoms with E-state index in [-0.39, 0.29) is 10.6 Å². The maximum atomic E-state index is 13.4. The minimum absolute atomic E-state index is 0.0645. The fourth-order valence-electron chi connectivity index (χ4n) is 3.90. The summed E-state index contributed by atoms with van der Waals surface area (Å²) >= 11 is 6.10. The predicted octanol–water partition coefficient (Wildman–Crippen LogP) is 5.09. The van der Waals surface area contributed by atoms with Crippen LogP contribution < -0.4 is 9.73 Å². The molecule has 0 saturated heterocycles. The lowest BCUT2D eigenvalue weighted by Gasteiger charge is -2.23. The number of hydrogen-bond acceptors (Lipinski definition) is 4. The van der Waals surface area contributed by atoms with Gasteiger partial charge in [-0.2, -0.15) is 5.10 Å². The molecule has 1 amide bonds. The molecule has 0 atom stereocenters. The molecule has 0 aliphatic heterocycles. The molecule has 184 valence electrons. The average molecular weight is 521 g/mol. The van der Waals surface area contributed by atoms with Crippen molar-refractivity contribution in [1.82, 2.24) is 9.99 Å². The van der Waals surface area contributed by atoms with Gasteiger partial charge in [0.1, 0.15) is 6.54 Å². The summed E-state index contributed by atoms with van der Waals surface area (Å²) < 4.78 is 29.8. The van der Waals surface area contributed by atoms with Gasteiger partial charge < -0.3 is 4.57 Å². The summed E-state index contributed by atoms with van der Waals surface area (Å²) in [6.45, 7) is 3.49. The third-order valence-electron chi connectivity index (χ3n) is 5.59. The van der Waals surface area contributed by atoms with Crippen molar-refractivity contribution in [3.05, 3.63) is 113 Å². The number of nitrogens with one attached hydrogen (secondary N) is 1. The number of para-hydroxylation sites is 1. The van der Waals surface area contributed by atoms with Crippen LogP contribution in [0.5, 0.6) is 0 Å². The number of hydrazone groups is 1. The van der Waals surface area contributed by atoms with Crippen molar-refractivity contribution < 1.29 is 13.2 Å². The second-order valence-electron chi connectivity index (χ2n) is 8.10. The molecule has 1 aromatic heterocycles. The maximum absolute atomic E-state index is 13.4. The molecule has 1 heterocycles. The highest BCUT2D eigenvalue weighted by atomic mass is 35.5. The molecule has 4 aromatic rings. The van der Waals surface area contributed by atoms with Crippen molar-refractivity contribution in [2.75, 3.05) is 10.8 Å². The van der Waals surface area contributed by atoms with E-state index in [0.717, 1.165) is 26.9 Å². The van der Waals surface area contributed by atoms with Crippen LogP contribution in [0.4, 0.5) is 5.69 Å². The highest BCUT2D eigenvalue weighted by Gasteiger charge is 2.27. The van der Waals surface area contributed by atoms with E-state index in [0.29, 0.717) is 5.02 Å². The van der Waals surface area contributed by atoms with Crippen LogP contribution in [0.2, 0.25) is 5.02 Å². The summed E-state index contributed by atoms with van der Waals surface area (Å²) in [4.78, 5) is 12.9. The lowest BCUT2D eigenvalue weighted by Crippen LogP contribution is -2.39. The van der Waals surface area contributed by atoms with Gasteiger partial charge in [0, 0.05) is 27.7 Å². The van der Waals surface area contributed by atoms with Crippen molar-refractivity contribution in [1.29, 1.82) is 0 Å². The van der Waals surface area contributed by atoms with E-state index in [2.05, 4.69) is 15.1 Å².